The molecule has 1 saturated heterocycles. The van der Waals surface area contributed by atoms with Gasteiger partial charge in [0.1, 0.15) is 11.5 Å². The molecule has 0 bridgehead atoms. The number of furan rings is 1. The summed E-state index contributed by atoms with van der Waals surface area (Å²) in [6.45, 7) is 0.626. The molecule has 2 atom stereocenters. The quantitative estimate of drug-likeness (QED) is 0.535. The van der Waals surface area contributed by atoms with E-state index in [9.17, 15) is 4.79 Å². The van der Waals surface area contributed by atoms with Crippen molar-refractivity contribution >= 4 is 16.7 Å². The van der Waals surface area contributed by atoms with Gasteiger partial charge in [-0.3, -0.25) is 4.79 Å². The van der Waals surface area contributed by atoms with Crippen LogP contribution in [0.5, 0.6) is 17.2 Å². The largest absolute Gasteiger partial charge is 0.497 e. The Hall–Kier alpha value is -3.15. The minimum absolute atomic E-state index is 0.0836. The monoisotopic (exact) mass is 449 g/mol. The number of piperidine rings is 1. The summed E-state index contributed by atoms with van der Waals surface area (Å²) in [6, 6.07) is 12.1. The van der Waals surface area contributed by atoms with Crippen LogP contribution in [0, 0.1) is 5.92 Å². The molecular weight excluding hydrogens is 418 g/mol. The minimum Gasteiger partial charge on any atom is -0.497 e. The molecule has 0 unspecified atom stereocenters. The number of methoxy groups -OCH3 is 2. The van der Waals surface area contributed by atoms with Crippen LogP contribution in [0.3, 0.4) is 0 Å². The maximum Gasteiger partial charge on any atom is 0.223 e. The van der Waals surface area contributed by atoms with Gasteiger partial charge in [-0.2, -0.15) is 0 Å². The zero-order valence-electron chi connectivity index (χ0n) is 19.3. The minimum atomic E-state index is -0.151. The van der Waals surface area contributed by atoms with Gasteiger partial charge in [0.15, 0.2) is 11.5 Å². The molecule has 174 valence electrons. The van der Waals surface area contributed by atoms with Crippen LogP contribution >= 0.6 is 0 Å². The molecule has 2 fully saturated rings. The van der Waals surface area contributed by atoms with Gasteiger partial charge in [0, 0.05) is 35.6 Å². The number of benzene rings is 2. The third-order valence-corrected chi connectivity index (χ3v) is 7.04. The molecule has 0 spiro atoms. The predicted molar refractivity (Wildman–Crippen MR) is 126 cm³/mol. The Balaban J connectivity index is 1.34. The molecular formula is C27H31NO5. The molecule has 5 rings (SSSR count). The molecule has 6 heteroatoms. The lowest BCUT2D eigenvalue weighted by molar-refractivity contribution is -0.127. The summed E-state index contributed by atoms with van der Waals surface area (Å²) in [4.78, 5) is 12.7. The summed E-state index contributed by atoms with van der Waals surface area (Å²) in [5, 5.41) is 5.12. The smallest absolute Gasteiger partial charge is 0.223 e. The zero-order valence-corrected chi connectivity index (χ0v) is 19.3. The molecule has 6 nitrogen and oxygen atoms in total. The first-order chi connectivity index (χ1) is 16.1. The SMILES string of the molecule is COc1ccc2c(C[C@@H]3C[C@@H](c4ccc(OC)c(OC5CCCC5)c4)CNC3=O)occ2c1. The summed E-state index contributed by atoms with van der Waals surface area (Å²) >= 11 is 0. The molecule has 0 radical (unpaired) electrons. The normalized spacial score (nSPS) is 21.2. The maximum absolute atomic E-state index is 12.7. The summed E-state index contributed by atoms with van der Waals surface area (Å²) in [7, 11) is 3.33. The van der Waals surface area contributed by atoms with Crippen LogP contribution in [0.25, 0.3) is 10.8 Å². The van der Waals surface area contributed by atoms with Gasteiger partial charge in [-0.25, -0.2) is 0 Å². The average molecular weight is 450 g/mol. The van der Waals surface area contributed by atoms with Gasteiger partial charge in [-0.1, -0.05) is 6.07 Å². The topological polar surface area (TPSA) is 69.9 Å². The predicted octanol–water partition coefficient (Wildman–Crippen LogP) is 5.23. The van der Waals surface area contributed by atoms with Crippen LogP contribution in [-0.2, 0) is 11.2 Å². The second-order valence-corrected chi connectivity index (χ2v) is 9.13. The van der Waals surface area contributed by atoms with Gasteiger partial charge in [0.25, 0.3) is 0 Å². The first kappa shape index (κ1) is 21.7. The van der Waals surface area contributed by atoms with Crippen molar-refractivity contribution in [3.63, 3.8) is 0 Å². The van der Waals surface area contributed by atoms with Crippen LogP contribution < -0.4 is 19.5 Å². The van der Waals surface area contributed by atoms with Crippen LogP contribution in [0.15, 0.2) is 47.1 Å². The van der Waals surface area contributed by atoms with E-state index in [4.69, 9.17) is 18.6 Å². The molecule has 2 aliphatic rings. The first-order valence-corrected chi connectivity index (χ1v) is 11.8. The van der Waals surface area contributed by atoms with Gasteiger partial charge in [-0.05, 0) is 68.0 Å². The molecule has 2 aromatic carbocycles. The lowest BCUT2D eigenvalue weighted by atomic mass is 9.82. The fourth-order valence-corrected chi connectivity index (χ4v) is 5.16. The second kappa shape index (κ2) is 9.38. The molecule has 2 heterocycles. The summed E-state index contributed by atoms with van der Waals surface area (Å²) in [6.07, 6.45) is 7.96. The van der Waals surface area contributed by atoms with E-state index in [1.807, 2.05) is 24.3 Å². The number of fused-ring (bicyclic) bond motifs is 1. The van der Waals surface area contributed by atoms with Crippen molar-refractivity contribution in [1.29, 1.82) is 0 Å². The number of hydrogen-bond acceptors (Lipinski definition) is 5. The summed E-state index contributed by atoms with van der Waals surface area (Å²) in [5.41, 5.74) is 1.17. The number of ether oxygens (including phenoxy) is 3. The zero-order chi connectivity index (χ0) is 22.8. The van der Waals surface area contributed by atoms with Crippen molar-refractivity contribution in [2.24, 2.45) is 5.92 Å². The van der Waals surface area contributed by atoms with E-state index in [0.29, 0.717) is 13.0 Å². The van der Waals surface area contributed by atoms with E-state index in [1.165, 1.54) is 18.4 Å². The van der Waals surface area contributed by atoms with Gasteiger partial charge >= 0.3 is 0 Å². The van der Waals surface area contributed by atoms with E-state index in [-0.39, 0.29) is 23.8 Å². The Bertz CT molecular complexity index is 1130. The Morgan fingerprint density at radius 1 is 1.03 bits per heavy atom. The van der Waals surface area contributed by atoms with Crippen LogP contribution in [0.2, 0.25) is 0 Å². The highest BCUT2D eigenvalue weighted by Crippen LogP contribution is 2.37. The van der Waals surface area contributed by atoms with Crippen molar-refractivity contribution in [2.75, 3.05) is 20.8 Å². The molecule has 1 aromatic heterocycles. The van der Waals surface area contributed by atoms with Gasteiger partial charge in [0.2, 0.25) is 5.91 Å². The highest BCUT2D eigenvalue weighted by Gasteiger charge is 2.31. The number of carbonyl (C=O) groups excluding carboxylic acids is 1. The lowest BCUT2D eigenvalue weighted by Crippen LogP contribution is -2.41. The Morgan fingerprint density at radius 3 is 2.67 bits per heavy atom. The molecule has 1 N–H and O–H groups in total. The molecule has 1 amide bonds. The van der Waals surface area contributed by atoms with Gasteiger partial charge in [0.05, 0.1) is 26.6 Å². The van der Waals surface area contributed by atoms with E-state index in [1.54, 1.807) is 20.5 Å². The number of nitrogens with one attached hydrogen (secondary N) is 1. The third-order valence-electron chi connectivity index (χ3n) is 7.04. The Kier molecular flexibility index (Phi) is 6.16. The standard InChI is InChI=1S/C27H31NO5/c1-30-22-8-9-23-20(12-22)16-32-25(23)14-18-11-19(15-28-27(18)29)17-7-10-24(31-2)26(13-17)33-21-5-3-4-6-21/h7-10,12-13,16,18-19,21H,3-6,11,14-15H2,1-2H3,(H,28,29)/t18-,19+/m0/s1. The van der Waals surface area contributed by atoms with E-state index in [2.05, 4.69) is 17.4 Å². The third kappa shape index (κ3) is 4.52. The first-order valence-electron chi connectivity index (χ1n) is 11.8. The molecule has 3 aromatic rings. The van der Waals surface area contributed by atoms with Crippen molar-refractivity contribution < 1.29 is 23.4 Å². The van der Waals surface area contributed by atoms with Crippen molar-refractivity contribution in [3.8, 4) is 17.2 Å². The molecule has 33 heavy (non-hydrogen) atoms. The Morgan fingerprint density at radius 2 is 1.88 bits per heavy atom. The number of rotatable bonds is 7. The second-order valence-electron chi connectivity index (χ2n) is 9.13. The van der Waals surface area contributed by atoms with Crippen molar-refractivity contribution in [2.45, 2.75) is 50.5 Å². The highest BCUT2D eigenvalue weighted by atomic mass is 16.5. The van der Waals surface area contributed by atoms with Crippen LogP contribution in [-0.4, -0.2) is 32.8 Å². The van der Waals surface area contributed by atoms with E-state index >= 15 is 0 Å². The van der Waals surface area contributed by atoms with Crippen molar-refractivity contribution in [3.05, 3.63) is 54.0 Å². The van der Waals surface area contributed by atoms with E-state index < -0.39 is 0 Å². The van der Waals surface area contributed by atoms with Gasteiger partial charge in [-0.15, -0.1) is 0 Å². The number of amides is 1. The molecule has 1 aliphatic carbocycles. The number of hydrogen-bond donors (Lipinski definition) is 1. The maximum atomic E-state index is 12.7. The molecule has 1 aliphatic heterocycles. The fraction of sp³-hybridized carbons (Fsp3) is 0.444. The highest BCUT2D eigenvalue weighted by molar-refractivity contribution is 5.86. The lowest BCUT2D eigenvalue weighted by Gasteiger charge is -2.29. The van der Waals surface area contributed by atoms with Crippen molar-refractivity contribution in [1.82, 2.24) is 5.32 Å². The van der Waals surface area contributed by atoms with Gasteiger partial charge < -0.3 is 23.9 Å². The summed E-state index contributed by atoms with van der Waals surface area (Å²) in [5.74, 6) is 3.35. The fourth-order valence-electron chi connectivity index (χ4n) is 5.16. The van der Waals surface area contributed by atoms with Crippen LogP contribution in [0.1, 0.15) is 49.3 Å². The van der Waals surface area contributed by atoms with E-state index in [0.717, 1.165) is 53.0 Å². The van der Waals surface area contributed by atoms with Crippen LogP contribution in [0.4, 0.5) is 0 Å². The molecule has 1 saturated carbocycles. The summed E-state index contributed by atoms with van der Waals surface area (Å²) < 4.78 is 23.0. The number of carbonyl (C=O) groups is 1. The average Bonchev–Trinajstić information content (AvgIpc) is 3.50. The Labute approximate surface area is 194 Å².